The van der Waals surface area contributed by atoms with Crippen LogP contribution in [0.3, 0.4) is 0 Å². The molecular weight excluding hydrogens is 498 g/mol. The maximum atomic E-state index is 12.8. The van der Waals surface area contributed by atoms with E-state index in [-0.39, 0.29) is 17.3 Å². The van der Waals surface area contributed by atoms with Crippen LogP contribution >= 0.6 is 23.2 Å². The molecule has 0 fully saturated rings. The number of hydrogen-bond acceptors (Lipinski definition) is 6. The van der Waals surface area contributed by atoms with E-state index in [1.807, 2.05) is 0 Å². The number of anilines is 1. The molecule has 3 aromatic rings. The Kier molecular flexibility index (Phi) is 7.85. The first-order chi connectivity index (χ1) is 16.1. The lowest BCUT2D eigenvalue weighted by molar-refractivity contribution is -0.384. The fourth-order valence-corrected chi connectivity index (χ4v) is 3.22. The SMILES string of the molecule is COc1cc(/C=N\Nc2ccc(C(F)(F)F)cc2[N+](=O)[O-])cc(Cl)c1OCc1ccc(Cl)cc1. The first-order valence-electron chi connectivity index (χ1n) is 9.48. The van der Waals surface area contributed by atoms with Gasteiger partial charge in [0, 0.05) is 11.1 Å². The van der Waals surface area contributed by atoms with Crippen molar-refractivity contribution >= 4 is 40.8 Å². The summed E-state index contributed by atoms with van der Waals surface area (Å²) >= 11 is 12.2. The summed E-state index contributed by atoms with van der Waals surface area (Å²) in [6.07, 6.45) is -3.43. The van der Waals surface area contributed by atoms with Crippen LogP contribution in [-0.4, -0.2) is 18.2 Å². The van der Waals surface area contributed by atoms with Crippen molar-refractivity contribution in [1.29, 1.82) is 0 Å². The van der Waals surface area contributed by atoms with Crippen LogP contribution in [0.1, 0.15) is 16.7 Å². The molecule has 34 heavy (non-hydrogen) atoms. The Balaban J connectivity index is 1.77. The number of alkyl halides is 3. The minimum absolute atomic E-state index is 0.208. The molecular formula is C22H16Cl2F3N3O4. The Morgan fingerprint density at radius 2 is 1.82 bits per heavy atom. The number of hydrazone groups is 1. The zero-order valence-corrected chi connectivity index (χ0v) is 18.9. The third-order valence-corrected chi connectivity index (χ3v) is 5.00. The minimum Gasteiger partial charge on any atom is -0.493 e. The highest BCUT2D eigenvalue weighted by atomic mass is 35.5. The van der Waals surface area contributed by atoms with Gasteiger partial charge >= 0.3 is 6.18 Å². The molecule has 0 radical (unpaired) electrons. The summed E-state index contributed by atoms with van der Waals surface area (Å²) in [4.78, 5) is 10.2. The number of nitro benzene ring substituents is 1. The Morgan fingerprint density at radius 1 is 1.12 bits per heavy atom. The highest BCUT2D eigenvalue weighted by Gasteiger charge is 2.33. The summed E-state index contributed by atoms with van der Waals surface area (Å²) in [5.74, 6) is 0.603. The molecule has 0 atom stereocenters. The van der Waals surface area contributed by atoms with Gasteiger partial charge in [0.25, 0.3) is 5.69 Å². The highest BCUT2D eigenvalue weighted by Crippen LogP contribution is 2.37. The highest BCUT2D eigenvalue weighted by molar-refractivity contribution is 6.32. The van der Waals surface area contributed by atoms with Crippen molar-refractivity contribution in [3.63, 3.8) is 0 Å². The average Bonchev–Trinajstić information content (AvgIpc) is 2.78. The average molecular weight is 514 g/mol. The Labute approximate surface area is 201 Å². The Bertz CT molecular complexity index is 1220. The van der Waals surface area contributed by atoms with E-state index in [0.29, 0.717) is 28.2 Å². The third-order valence-electron chi connectivity index (χ3n) is 4.47. The van der Waals surface area contributed by atoms with Crippen molar-refractivity contribution in [3.8, 4) is 11.5 Å². The van der Waals surface area contributed by atoms with Crippen molar-refractivity contribution in [2.24, 2.45) is 5.10 Å². The van der Waals surface area contributed by atoms with Crippen LogP contribution in [0.25, 0.3) is 0 Å². The molecule has 0 amide bonds. The lowest BCUT2D eigenvalue weighted by Gasteiger charge is -2.13. The minimum atomic E-state index is -4.71. The Morgan fingerprint density at radius 3 is 2.44 bits per heavy atom. The van der Waals surface area contributed by atoms with Crippen LogP contribution in [-0.2, 0) is 12.8 Å². The molecule has 0 bridgehead atoms. The number of halogens is 5. The van der Waals surface area contributed by atoms with Crippen molar-refractivity contribution in [3.05, 3.63) is 91.4 Å². The molecule has 0 saturated carbocycles. The lowest BCUT2D eigenvalue weighted by atomic mass is 10.1. The monoisotopic (exact) mass is 513 g/mol. The van der Waals surface area contributed by atoms with Crippen molar-refractivity contribution in [2.75, 3.05) is 12.5 Å². The number of ether oxygens (including phenoxy) is 2. The van der Waals surface area contributed by atoms with Gasteiger partial charge in [-0.15, -0.1) is 0 Å². The van der Waals surface area contributed by atoms with E-state index in [0.717, 1.165) is 17.7 Å². The molecule has 0 unspecified atom stereocenters. The quantitative estimate of drug-likeness (QED) is 0.200. The zero-order valence-electron chi connectivity index (χ0n) is 17.4. The molecule has 0 heterocycles. The smallest absolute Gasteiger partial charge is 0.416 e. The van der Waals surface area contributed by atoms with E-state index < -0.39 is 22.4 Å². The number of nitro groups is 1. The first kappa shape index (κ1) is 25.1. The first-order valence-corrected chi connectivity index (χ1v) is 10.2. The van der Waals surface area contributed by atoms with Crippen LogP contribution in [0.2, 0.25) is 10.0 Å². The van der Waals surface area contributed by atoms with Gasteiger partial charge in [-0.05, 0) is 47.5 Å². The second-order valence-corrected chi connectivity index (χ2v) is 7.65. The zero-order chi connectivity index (χ0) is 24.9. The van der Waals surface area contributed by atoms with Gasteiger partial charge < -0.3 is 9.47 Å². The number of nitrogens with zero attached hydrogens (tertiary/aromatic N) is 2. The van der Waals surface area contributed by atoms with Gasteiger partial charge in [-0.1, -0.05) is 35.3 Å². The van der Waals surface area contributed by atoms with E-state index in [9.17, 15) is 23.3 Å². The molecule has 178 valence electrons. The van der Waals surface area contributed by atoms with E-state index >= 15 is 0 Å². The van der Waals surface area contributed by atoms with Crippen LogP contribution in [0.15, 0.2) is 59.7 Å². The summed E-state index contributed by atoms with van der Waals surface area (Å²) in [6.45, 7) is 0.208. The van der Waals surface area contributed by atoms with Gasteiger partial charge in [0.2, 0.25) is 0 Å². The number of rotatable bonds is 8. The van der Waals surface area contributed by atoms with Crippen LogP contribution < -0.4 is 14.9 Å². The molecule has 3 aromatic carbocycles. The summed E-state index contributed by atoms with van der Waals surface area (Å²) < 4.78 is 49.6. The molecule has 0 aliphatic rings. The maximum absolute atomic E-state index is 12.8. The Hall–Kier alpha value is -3.50. The second kappa shape index (κ2) is 10.6. The molecule has 12 heteroatoms. The van der Waals surface area contributed by atoms with E-state index in [1.54, 1.807) is 30.3 Å². The van der Waals surface area contributed by atoms with E-state index in [4.69, 9.17) is 32.7 Å². The largest absolute Gasteiger partial charge is 0.493 e. The van der Waals surface area contributed by atoms with Crippen molar-refractivity contribution in [2.45, 2.75) is 12.8 Å². The summed E-state index contributed by atoms with van der Waals surface area (Å²) in [5, 5.41) is 15.9. The molecule has 0 saturated heterocycles. The van der Waals surface area contributed by atoms with Crippen LogP contribution in [0, 0.1) is 10.1 Å². The fourth-order valence-electron chi connectivity index (χ4n) is 2.82. The van der Waals surface area contributed by atoms with Crippen molar-refractivity contribution < 1.29 is 27.6 Å². The van der Waals surface area contributed by atoms with Gasteiger partial charge in [0.1, 0.15) is 12.3 Å². The number of hydrogen-bond donors (Lipinski definition) is 1. The van der Waals surface area contributed by atoms with Crippen molar-refractivity contribution in [1.82, 2.24) is 0 Å². The van der Waals surface area contributed by atoms with Gasteiger partial charge in [-0.3, -0.25) is 15.5 Å². The van der Waals surface area contributed by atoms with Gasteiger partial charge in [-0.25, -0.2) is 0 Å². The van der Waals surface area contributed by atoms with Crippen LogP contribution in [0.5, 0.6) is 11.5 Å². The molecule has 7 nitrogen and oxygen atoms in total. The topological polar surface area (TPSA) is 86.0 Å². The van der Waals surface area contributed by atoms with E-state index in [1.165, 1.54) is 19.4 Å². The predicted octanol–water partition coefficient (Wildman–Crippen LogP) is 6.95. The van der Waals surface area contributed by atoms with E-state index in [2.05, 4.69) is 10.5 Å². The molecule has 1 N–H and O–H groups in total. The molecule has 0 aliphatic carbocycles. The standard InChI is InChI=1S/C22H16Cl2F3N3O4/c1-33-20-9-14(8-17(24)21(20)34-12-13-2-5-16(23)6-3-13)11-28-29-18-7-4-15(22(25,26)27)10-19(18)30(31)32/h2-11,29H,12H2,1H3/b28-11-. The number of benzene rings is 3. The lowest BCUT2D eigenvalue weighted by Crippen LogP contribution is -2.06. The van der Waals surface area contributed by atoms with Gasteiger partial charge in [0.15, 0.2) is 11.5 Å². The number of nitrogens with one attached hydrogen (secondary N) is 1. The number of methoxy groups -OCH3 is 1. The predicted molar refractivity (Wildman–Crippen MR) is 123 cm³/mol. The maximum Gasteiger partial charge on any atom is 0.416 e. The van der Waals surface area contributed by atoms with Crippen LogP contribution in [0.4, 0.5) is 24.5 Å². The summed E-state index contributed by atoms with van der Waals surface area (Å²) in [5.41, 5.74) is 1.56. The molecule has 0 aliphatic heterocycles. The fraction of sp³-hybridized carbons (Fsp3) is 0.136. The molecule has 3 rings (SSSR count). The molecule has 0 aromatic heterocycles. The molecule has 0 spiro atoms. The normalized spacial score (nSPS) is 11.5. The van der Waals surface area contributed by atoms with Gasteiger partial charge in [-0.2, -0.15) is 18.3 Å². The third kappa shape index (κ3) is 6.30. The second-order valence-electron chi connectivity index (χ2n) is 6.81. The summed E-state index contributed by atoms with van der Waals surface area (Å²) in [7, 11) is 1.42. The van der Waals surface area contributed by atoms with Gasteiger partial charge in [0.05, 0.1) is 28.8 Å². The summed E-state index contributed by atoms with van der Waals surface area (Å²) in [6, 6.07) is 12.2.